The molecule has 2 bridgehead atoms. The molecule has 0 N–H and O–H groups in total. The summed E-state index contributed by atoms with van der Waals surface area (Å²) in [5, 5.41) is 0.507. The van der Waals surface area contributed by atoms with Crippen molar-refractivity contribution in [2.75, 3.05) is 25.1 Å². The van der Waals surface area contributed by atoms with Crippen molar-refractivity contribution >= 4 is 17.4 Å². The van der Waals surface area contributed by atoms with Crippen molar-refractivity contribution in [3.8, 4) is 0 Å². The fourth-order valence-corrected chi connectivity index (χ4v) is 3.05. The van der Waals surface area contributed by atoms with E-state index in [2.05, 4.69) is 14.9 Å². The van der Waals surface area contributed by atoms with E-state index in [-0.39, 0.29) is 0 Å². The highest BCUT2D eigenvalue weighted by molar-refractivity contribution is 6.29. The lowest BCUT2D eigenvalue weighted by Gasteiger charge is -2.53. The second-order valence-corrected chi connectivity index (χ2v) is 4.95. The number of rotatable bonds is 2. The molecular weight excluding hydrogens is 226 g/mol. The second kappa shape index (κ2) is 3.86. The van der Waals surface area contributed by atoms with Gasteiger partial charge in [-0.15, -0.1) is 0 Å². The van der Waals surface area contributed by atoms with Crippen molar-refractivity contribution in [3.05, 3.63) is 17.5 Å². The summed E-state index contributed by atoms with van der Waals surface area (Å²) in [6, 6.07) is 1.83. The Morgan fingerprint density at radius 3 is 2.75 bits per heavy atom. The molecule has 2 saturated heterocycles. The number of halogens is 1. The standard InChI is InChI=1S/C11H14ClN3O/c1-16-11-7-2-8(11)5-15(4-7)10-3-9(12)13-6-14-10/h3,6-8,11H,2,4-5H2,1H3. The number of aromatic nitrogens is 2. The van der Waals surface area contributed by atoms with E-state index in [4.69, 9.17) is 16.3 Å². The Balaban J connectivity index is 1.75. The normalized spacial score (nSPS) is 32.4. The van der Waals surface area contributed by atoms with Gasteiger partial charge in [0.2, 0.25) is 0 Å². The van der Waals surface area contributed by atoms with E-state index in [1.54, 1.807) is 7.11 Å². The summed E-state index contributed by atoms with van der Waals surface area (Å²) in [6.45, 7) is 2.03. The maximum Gasteiger partial charge on any atom is 0.134 e. The first-order chi connectivity index (χ1) is 7.78. The number of fused-ring (bicyclic) bond motifs is 2. The molecule has 2 unspecified atom stereocenters. The Bertz CT molecular complexity index is 389. The van der Waals surface area contributed by atoms with Gasteiger partial charge < -0.3 is 9.64 Å². The molecule has 1 aliphatic carbocycles. The predicted molar refractivity (Wildman–Crippen MR) is 61.6 cm³/mol. The van der Waals surface area contributed by atoms with Crippen molar-refractivity contribution in [1.82, 2.24) is 9.97 Å². The third-order valence-electron chi connectivity index (χ3n) is 3.66. The number of piperidine rings is 2. The van der Waals surface area contributed by atoms with Crippen LogP contribution in [0.15, 0.2) is 12.4 Å². The van der Waals surface area contributed by atoms with E-state index in [9.17, 15) is 0 Å². The van der Waals surface area contributed by atoms with Gasteiger partial charge in [-0.25, -0.2) is 9.97 Å². The average Bonchev–Trinajstić information content (AvgIpc) is 2.30. The van der Waals surface area contributed by atoms with E-state index in [0.29, 0.717) is 23.1 Å². The Morgan fingerprint density at radius 2 is 2.12 bits per heavy atom. The Kier molecular flexibility index (Phi) is 2.48. The van der Waals surface area contributed by atoms with Crippen LogP contribution in [-0.4, -0.2) is 36.3 Å². The average molecular weight is 240 g/mol. The van der Waals surface area contributed by atoms with Gasteiger partial charge in [0.05, 0.1) is 6.10 Å². The highest BCUT2D eigenvalue weighted by Crippen LogP contribution is 2.42. The number of hydrogen-bond donors (Lipinski definition) is 0. The lowest BCUT2D eigenvalue weighted by atomic mass is 9.68. The summed E-state index contributed by atoms with van der Waals surface area (Å²) in [6.07, 6.45) is 3.26. The van der Waals surface area contributed by atoms with Crippen LogP contribution in [0.25, 0.3) is 0 Å². The van der Waals surface area contributed by atoms with Crippen molar-refractivity contribution < 1.29 is 4.74 Å². The first kappa shape index (κ1) is 10.3. The second-order valence-electron chi connectivity index (χ2n) is 4.56. The number of methoxy groups -OCH3 is 1. The van der Waals surface area contributed by atoms with Gasteiger partial charge in [-0.3, -0.25) is 0 Å². The fourth-order valence-electron chi connectivity index (χ4n) is 2.91. The highest BCUT2D eigenvalue weighted by Gasteiger charge is 2.47. The predicted octanol–water partition coefficient (Wildman–Crippen LogP) is 1.60. The summed E-state index contributed by atoms with van der Waals surface area (Å²) >= 11 is 5.87. The number of nitrogens with zero attached hydrogens (tertiary/aromatic N) is 3. The van der Waals surface area contributed by atoms with Gasteiger partial charge in [0.25, 0.3) is 0 Å². The molecule has 2 aliphatic heterocycles. The number of anilines is 1. The number of hydrogen-bond acceptors (Lipinski definition) is 4. The molecule has 16 heavy (non-hydrogen) atoms. The van der Waals surface area contributed by atoms with Crippen molar-refractivity contribution in [2.45, 2.75) is 12.5 Å². The number of ether oxygens (including phenoxy) is 1. The van der Waals surface area contributed by atoms with Crippen molar-refractivity contribution in [2.24, 2.45) is 11.8 Å². The van der Waals surface area contributed by atoms with E-state index < -0.39 is 0 Å². The Labute approximate surface area is 99.6 Å². The van der Waals surface area contributed by atoms with Crippen LogP contribution < -0.4 is 4.90 Å². The summed E-state index contributed by atoms with van der Waals surface area (Å²) in [5.41, 5.74) is 0. The molecule has 86 valence electrons. The zero-order chi connectivity index (χ0) is 11.1. The monoisotopic (exact) mass is 239 g/mol. The third-order valence-corrected chi connectivity index (χ3v) is 3.87. The van der Waals surface area contributed by atoms with Crippen LogP contribution in [0.4, 0.5) is 5.82 Å². The Hall–Kier alpha value is -0.870. The lowest BCUT2D eigenvalue weighted by Crippen LogP contribution is -2.59. The molecule has 1 saturated carbocycles. The molecule has 4 nitrogen and oxygen atoms in total. The minimum Gasteiger partial charge on any atom is -0.381 e. The molecule has 3 heterocycles. The van der Waals surface area contributed by atoms with E-state index in [1.165, 1.54) is 12.7 Å². The minimum absolute atomic E-state index is 0.452. The highest BCUT2D eigenvalue weighted by atomic mass is 35.5. The summed E-state index contributed by atoms with van der Waals surface area (Å²) in [4.78, 5) is 10.4. The molecule has 0 spiro atoms. The maximum absolute atomic E-state index is 5.87. The van der Waals surface area contributed by atoms with Crippen LogP contribution in [-0.2, 0) is 4.74 Å². The zero-order valence-corrected chi connectivity index (χ0v) is 9.89. The van der Waals surface area contributed by atoms with Crippen molar-refractivity contribution in [3.63, 3.8) is 0 Å². The molecule has 5 heteroatoms. The topological polar surface area (TPSA) is 38.2 Å². The molecule has 4 rings (SSSR count). The van der Waals surface area contributed by atoms with Crippen LogP contribution in [0.5, 0.6) is 0 Å². The molecule has 1 aromatic rings. The molecule has 3 aliphatic rings. The SMILES string of the molecule is COC1C2CC1CN(c1cc(Cl)ncn1)C2. The van der Waals surface area contributed by atoms with E-state index in [1.807, 2.05) is 6.07 Å². The quantitative estimate of drug-likeness (QED) is 0.735. The van der Waals surface area contributed by atoms with Gasteiger partial charge in [0, 0.05) is 38.1 Å². The molecule has 0 amide bonds. The maximum atomic E-state index is 5.87. The van der Waals surface area contributed by atoms with Crippen LogP contribution in [0.2, 0.25) is 5.15 Å². The molecule has 3 fully saturated rings. The van der Waals surface area contributed by atoms with Gasteiger partial charge in [0.15, 0.2) is 0 Å². The first-order valence-electron chi connectivity index (χ1n) is 5.53. The van der Waals surface area contributed by atoms with Crippen LogP contribution in [0.1, 0.15) is 6.42 Å². The third kappa shape index (κ3) is 1.57. The molecule has 0 aromatic carbocycles. The van der Waals surface area contributed by atoms with Gasteiger partial charge in [-0.05, 0) is 6.42 Å². The summed E-state index contributed by atoms with van der Waals surface area (Å²) < 4.78 is 5.48. The molecule has 1 aromatic heterocycles. The zero-order valence-electron chi connectivity index (χ0n) is 9.14. The fraction of sp³-hybridized carbons (Fsp3) is 0.636. The van der Waals surface area contributed by atoms with E-state index in [0.717, 1.165) is 18.9 Å². The van der Waals surface area contributed by atoms with Crippen LogP contribution >= 0.6 is 11.6 Å². The van der Waals surface area contributed by atoms with Crippen molar-refractivity contribution in [1.29, 1.82) is 0 Å². The smallest absolute Gasteiger partial charge is 0.134 e. The largest absolute Gasteiger partial charge is 0.381 e. The van der Waals surface area contributed by atoms with E-state index >= 15 is 0 Å². The van der Waals surface area contributed by atoms with Gasteiger partial charge >= 0.3 is 0 Å². The molecule has 2 atom stereocenters. The summed E-state index contributed by atoms with van der Waals surface area (Å²) in [7, 11) is 1.81. The lowest BCUT2D eigenvalue weighted by molar-refractivity contribution is -0.0816. The first-order valence-corrected chi connectivity index (χ1v) is 5.91. The van der Waals surface area contributed by atoms with Crippen LogP contribution in [0, 0.1) is 11.8 Å². The Morgan fingerprint density at radius 1 is 1.38 bits per heavy atom. The summed E-state index contributed by atoms with van der Waals surface area (Å²) in [5.74, 6) is 2.24. The minimum atomic E-state index is 0.452. The van der Waals surface area contributed by atoms with Gasteiger partial charge in [0.1, 0.15) is 17.3 Å². The van der Waals surface area contributed by atoms with Gasteiger partial charge in [-0.1, -0.05) is 11.6 Å². The van der Waals surface area contributed by atoms with Crippen LogP contribution in [0.3, 0.4) is 0 Å². The molecular formula is C11H14ClN3O. The van der Waals surface area contributed by atoms with Gasteiger partial charge in [-0.2, -0.15) is 0 Å². The molecule has 0 radical (unpaired) electrons.